The van der Waals surface area contributed by atoms with Crippen LogP contribution in [0.3, 0.4) is 0 Å². The van der Waals surface area contributed by atoms with Gasteiger partial charge in [-0.3, -0.25) is 0 Å². The molecule has 1 N–H and O–H groups in total. The van der Waals surface area contributed by atoms with Crippen LogP contribution in [0.5, 0.6) is 5.75 Å². The summed E-state index contributed by atoms with van der Waals surface area (Å²) in [4.78, 5) is 0. The molecule has 1 unspecified atom stereocenters. The van der Waals surface area contributed by atoms with E-state index in [0.717, 1.165) is 11.1 Å². The summed E-state index contributed by atoms with van der Waals surface area (Å²) in [5, 5.41) is 2.54. The van der Waals surface area contributed by atoms with Crippen molar-refractivity contribution in [3.05, 3.63) is 29.3 Å². The fraction of sp³-hybridized carbons (Fsp3) is 0.500. The van der Waals surface area contributed by atoms with E-state index in [2.05, 4.69) is 5.32 Å². The molecule has 1 aliphatic rings. The average Bonchev–Trinajstić information content (AvgIpc) is 2.49. The minimum absolute atomic E-state index is 0.0111. The average molecular weight is 245 g/mol. The molecule has 1 heterocycles. The number of ether oxygens (including phenoxy) is 1. The molecular formula is C12H14F3NO. The monoisotopic (exact) mass is 245 g/mol. The van der Waals surface area contributed by atoms with Gasteiger partial charge in [-0.15, -0.1) is 0 Å². The van der Waals surface area contributed by atoms with Crippen molar-refractivity contribution in [2.75, 3.05) is 13.7 Å². The number of hydrogen-bond acceptors (Lipinski definition) is 2. The molecule has 0 saturated heterocycles. The van der Waals surface area contributed by atoms with E-state index in [-0.39, 0.29) is 6.42 Å². The lowest BCUT2D eigenvalue weighted by Gasteiger charge is -2.19. The van der Waals surface area contributed by atoms with Crippen LogP contribution in [0.25, 0.3) is 0 Å². The number of fused-ring (bicyclic) bond motifs is 1. The highest BCUT2D eigenvalue weighted by molar-refractivity contribution is 5.37. The Balaban J connectivity index is 2.26. The Bertz CT molecular complexity index is 403. The van der Waals surface area contributed by atoms with Gasteiger partial charge in [-0.25, -0.2) is 0 Å². The van der Waals surface area contributed by atoms with Gasteiger partial charge in [-0.05, 0) is 42.6 Å². The lowest BCUT2D eigenvalue weighted by Crippen LogP contribution is -2.43. The van der Waals surface area contributed by atoms with Gasteiger partial charge in [0.2, 0.25) is 0 Å². The number of rotatable bonds is 1. The summed E-state index contributed by atoms with van der Waals surface area (Å²) in [6.07, 6.45) is -3.61. The zero-order valence-electron chi connectivity index (χ0n) is 9.47. The molecule has 0 spiro atoms. The van der Waals surface area contributed by atoms with Crippen LogP contribution < -0.4 is 10.1 Å². The maximum Gasteiger partial charge on any atom is 0.404 e. The Hall–Kier alpha value is -1.23. The minimum Gasteiger partial charge on any atom is -0.497 e. The van der Waals surface area contributed by atoms with Crippen molar-refractivity contribution in [3.8, 4) is 5.75 Å². The highest BCUT2D eigenvalue weighted by atomic mass is 19.4. The summed E-state index contributed by atoms with van der Waals surface area (Å²) in [5.41, 5.74) is 1.68. The van der Waals surface area contributed by atoms with Gasteiger partial charge < -0.3 is 10.1 Å². The van der Waals surface area contributed by atoms with Gasteiger partial charge in [-0.2, -0.15) is 13.2 Å². The first kappa shape index (κ1) is 12.2. The number of methoxy groups -OCH3 is 1. The van der Waals surface area contributed by atoms with Crippen LogP contribution in [0.2, 0.25) is 0 Å². The molecule has 2 nitrogen and oxygen atoms in total. The quantitative estimate of drug-likeness (QED) is 0.819. The molecule has 0 aliphatic carbocycles. The first-order valence-electron chi connectivity index (χ1n) is 5.46. The van der Waals surface area contributed by atoms with E-state index in [0.29, 0.717) is 18.7 Å². The summed E-state index contributed by atoms with van der Waals surface area (Å²) in [5.74, 6) is 0.689. The number of hydrogen-bond donors (Lipinski definition) is 1. The molecule has 94 valence electrons. The minimum atomic E-state index is -4.19. The summed E-state index contributed by atoms with van der Waals surface area (Å²) < 4.78 is 43.1. The Morgan fingerprint density at radius 3 is 2.71 bits per heavy atom. The summed E-state index contributed by atoms with van der Waals surface area (Å²) >= 11 is 0. The molecule has 1 atom stereocenters. The van der Waals surface area contributed by atoms with Crippen LogP contribution >= 0.6 is 0 Å². The molecule has 0 fully saturated rings. The van der Waals surface area contributed by atoms with Crippen LogP contribution in [0.15, 0.2) is 18.2 Å². The van der Waals surface area contributed by atoms with Crippen molar-refractivity contribution in [2.45, 2.75) is 25.1 Å². The molecule has 2 rings (SSSR count). The second-order valence-electron chi connectivity index (χ2n) is 4.14. The first-order valence-corrected chi connectivity index (χ1v) is 5.46. The van der Waals surface area contributed by atoms with E-state index in [1.54, 1.807) is 19.2 Å². The zero-order valence-corrected chi connectivity index (χ0v) is 9.47. The van der Waals surface area contributed by atoms with E-state index in [9.17, 15) is 13.2 Å². The van der Waals surface area contributed by atoms with E-state index in [4.69, 9.17) is 4.74 Å². The highest BCUT2D eigenvalue weighted by Crippen LogP contribution is 2.28. The molecule has 0 aromatic heterocycles. The Morgan fingerprint density at radius 1 is 1.29 bits per heavy atom. The summed E-state index contributed by atoms with van der Waals surface area (Å²) in [7, 11) is 1.55. The fourth-order valence-corrected chi connectivity index (χ4v) is 2.07. The molecule has 0 bridgehead atoms. The van der Waals surface area contributed by atoms with Crippen LogP contribution in [0, 0.1) is 0 Å². The fourth-order valence-electron chi connectivity index (χ4n) is 2.07. The zero-order chi connectivity index (χ0) is 12.5. The number of alkyl halides is 3. The topological polar surface area (TPSA) is 21.3 Å². The maximum atomic E-state index is 12.7. The van der Waals surface area contributed by atoms with E-state index >= 15 is 0 Å². The van der Waals surface area contributed by atoms with Gasteiger partial charge in [0.15, 0.2) is 0 Å². The van der Waals surface area contributed by atoms with Gasteiger partial charge in [0.1, 0.15) is 11.8 Å². The van der Waals surface area contributed by atoms with Crippen molar-refractivity contribution in [1.82, 2.24) is 5.32 Å². The van der Waals surface area contributed by atoms with E-state index in [1.807, 2.05) is 6.07 Å². The lowest BCUT2D eigenvalue weighted by atomic mass is 10.00. The SMILES string of the molecule is COc1ccc2c(c1)CCNC(C(F)(F)F)C2. The molecule has 0 radical (unpaired) electrons. The molecule has 1 aliphatic heterocycles. The van der Waals surface area contributed by atoms with Crippen molar-refractivity contribution < 1.29 is 17.9 Å². The molecule has 1 aromatic rings. The normalized spacial score (nSPS) is 20.6. The van der Waals surface area contributed by atoms with E-state index in [1.165, 1.54) is 0 Å². The Kier molecular flexibility index (Phi) is 3.28. The number of benzene rings is 1. The third-order valence-electron chi connectivity index (χ3n) is 3.02. The largest absolute Gasteiger partial charge is 0.497 e. The molecule has 17 heavy (non-hydrogen) atoms. The lowest BCUT2D eigenvalue weighted by molar-refractivity contribution is -0.155. The molecule has 0 amide bonds. The van der Waals surface area contributed by atoms with Crippen molar-refractivity contribution in [3.63, 3.8) is 0 Å². The summed E-state index contributed by atoms with van der Waals surface area (Å²) in [6, 6.07) is 3.80. The van der Waals surface area contributed by atoms with E-state index < -0.39 is 12.2 Å². The first-order chi connectivity index (χ1) is 8.00. The van der Waals surface area contributed by atoms with Gasteiger partial charge in [-0.1, -0.05) is 6.07 Å². The standard InChI is InChI=1S/C12H14F3NO/c1-17-10-3-2-8-7-11(12(13,14)15)16-5-4-9(8)6-10/h2-3,6,11,16H,4-5,7H2,1H3. The number of halogens is 3. The third-order valence-corrected chi connectivity index (χ3v) is 3.02. The second kappa shape index (κ2) is 4.56. The predicted octanol–water partition coefficient (Wildman–Crippen LogP) is 2.31. The molecule has 0 saturated carbocycles. The van der Waals surface area contributed by atoms with Gasteiger partial charge >= 0.3 is 6.18 Å². The maximum absolute atomic E-state index is 12.7. The van der Waals surface area contributed by atoms with Crippen molar-refractivity contribution >= 4 is 0 Å². The van der Waals surface area contributed by atoms with Crippen LogP contribution in [0.1, 0.15) is 11.1 Å². The Labute approximate surface area is 97.8 Å². The van der Waals surface area contributed by atoms with Gasteiger partial charge in [0.25, 0.3) is 0 Å². The van der Waals surface area contributed by atoms with Gasteiger partial charge in [0, 0.05) is 0 Å². The van der Waals surface area contributed by atoms with Crippen LogP contribution in [-0.2, 0) is 12.8 Å². The summed E-state index contributed by atoms with van der Waals surface area (Å²) in [6.45, 7) is 0.338. The third kappa shape index (κ3) is 2.72. The van der Waals surface area contributed by atoms with Crippen LogP contribution in [0.4, 0.5) is 13.2 Å². The Morgan fingerprint density at radius 2 is 2.06 bits per heavy atom. The second-order valence-corrected chi connectivity index (χ2v) is 4.14. The van der Waals surface area contributed by atoms with Crippen molar-refractivity contribution in [1.29, 1.82) is 0 Å². The number of nitrogens with one attached hydrogen (secondary N) is 1. The highest BCUT2D eigenvalue weighted by Gasteiger charge is 2.40. The van der Waals surface area contributed by atoms with Crippen LogP contribution in [-0.4, -0.2) is 25.9 Å². The molecular weight excluding hydrogens is 231 g/mol. The predicted molar refractivity (Wildman–Crippen MR) is 58.2 cm³/mol. The van der Waals surface area contributed by atoms with Gasteiger partial charge in [0.05, 0.1) is 7.11 Å². The molecule has 5 heteroatoms. The van der Waals surface area contributed by atoms with Crippen molar-refractivity contribution in [2.24, 2.45) is 0 Å². The molecule has 1 aromatic carbocycles. The smallest absolute Gasteiger partial charge is 0.404 e.